The molecule has 0 amide bonds. The normalized spacial score (nSPS) is 10.3. The van der Waals surface area contributed by atoms with Crippen LogP contribution in [0.25, 0.3) is 0 Å². The van der Waals surface area contributed by atoms with E-state index in [1.807, 2.05) is 0 Å². The molecule has 0 radical (unpaired) electrons. The summed E-state index contributed by atoms with van der Waals surface area (Å²) < 4.78 is 0. The molecule has 1 aromatic rings. The average molecular weight is 252 g/mol. The fraction of sp³-hybridized carbons (Fsp3) is 0.538. The Bertz CT molecular complexity index is 396. The van der Waals surface area contributed by atoms with E-state index in [1.165, 1.54) is 12.8 Å². The Morgan fingerprint density at radius 2 is 2.18 bits per heavy atom. The zero-order valence-electron chi connectivity index (χ0n) is 10.3. The highest BCUT2D eigenvalue weighted by Gasteiger charge is 2.00. The highest BCUT2D eigenvalue weighted by atomic mass is 35.5. The van der Waals surface area contributed by atoms with Gasteiger partial charge in [-0.1, -0.05) is 38.3 Å². The lowest BCUT2D eigenvalue weighted by atomic mass is 10.1. The number of hydrogen-bond donors (Lipinski definition) is 1. The van der Waals surface area contributed by atoms with E-state index in [4.69, 9.17) is 16.9 Å². The zero-order chi connectivity index (χ0) is 12.7. The predicted molar refractivity (Wildman–Crippen MR) is 71.1 cm³/mol. The molecule has 17 heavy (non-hydrogen) atoms. The Morgan fingerprint density at radius 1 is 1.41 bits per heavy atom. The van der Waals surface area contributed by atoms with Crippen LogP contribution in [0, 0.1) is 17.2 Å². The molecule has 0 fully saturated rings. The van der Waals surface area contributed by atoms with Crippen molar-refractivity contribution in [1.82, 2.24) is 4.98 Å². The van der Waals surface area contributed by atoms with E-state index in [0.29, 0.717) is 16.5 Å². The third-order valence-corrected chi connectivity index (χ3v) is 2.63. The second kappa shape index (κ2) is 7.13. The van der Waals surface area contributed by atoms with Gasteiger partial charge in [-0.25, -0.2) is 4.98 Å². The van der Waals surface area contributed by atoms with Crippen LogP contribution in [0.15, 0.2) is 12.1 Å². The first-order valence-corrected chi connectivity index (χ1v) is 6.31. The molecular weight excluding hydrogens is 234 g/mol. The topological polar surface area (TPSA) is 48.7 Å². The number of pyridine rings is 1. The summed E-state index contributed by atoms with van der Waals surface area (Å²) in [7, 11) is 0. The molecular formula is C13H18ClN3. The summed E-state index contributed by atoms with van der Waals surface area (Å²) in [6, 6.07) is 5.34. The highest BCUT2D eigenvalue weighted by Crippen LogP contribution is 2.14. The van der Waals surface area contributed by atoms with E-state index in [1.54, 1.807) is 12.1 Å². The van der Waals surface area contributed by atoms with Gasteiger partial charge in [0.1, 0.15) is 11.0 Å². The number of anilines is 1. The molecule has 0 atom stereocenters. The van der Waals surface area contributed by atoms with Crippen molar-refractivity contribution < 1.29 is 0 Å². The van der Waals surface area contributed by atoms with Crippen LogP contribution in [0.4, 0.5) is 5.82 Å². The van der Waals surface area contributed by atoms with Crippen molar-refractivity contribution in [2.75, 3.05) is 11.9 Å². The summed E-state index contributed by atoms with van der Waals surface area (Å²) in [5.74, 6) is 1.43. The quantitative estimate of drug-likeness (QED) is 0.617. The lowest BCUT2D eigenvalue weighted by Crippen LogP contribution is -2.04. The summed E-state index contributed by atoms with van der Waals surface area (Å²) in [5, 5.41) is 12.3. The summed E-state index contributed by atoms with van der Waals surface area (Å²) in [6.07, 6.45) is 3.55. The standard InChI is InChI=1S/C13H18ClN3/c1-10(2)5-3-4-6-16-13-8-11(9-15)7-12(14)17-13/h7-8,10H,3-6H2,1-2H3,(H,16,17). The molecule has 0 spiro atoms. The average Bonchev–Trinajstić information content (AvgIpc) is 2.27. The van der Waals surface area contributed by atoms with Crippen molar-refractivity contribution in [2.24, 2.45) is 5.92 Å². The van der Waals surface area contributed by atoms with Gasteiger partial charge in [0, 0.05) is 6.54 Å². The number of hydrogen-bond acceptors (Lipinski definition) is 3. The van der Waals surface area contributed by atoms with E-state index < -0.39 is 0 Å². The third kappa shape index (κ3) is 5.55. The van der Waals surface area contributed by atoms with Crippen LogP contribution in [0.2, 0.25) is 5.15 Å². The van der Waals surface area contributed by atoms with Crippen molar-refractivity contribution in [3.05, 3.63) is 22.8 Å². The first kappa shape index (κ1) is 13.8. The Balaban J connectivity index is 2.37. The van der Waals surface area contributed by atoms with Crippen molar-refractivity contribution in [2.45, 2.75) is 33.1 Å². The molecule has 1 N–H and O–H groups in total. The maximum Gasteiger partial charge on any atom is 0.132 e. The first-order chi connectivity index (χ1) is 8.11. The van der Waals surface area contributed by atoms with E-state index >= 15 is 0 Å². The van der Waals surface area contributed by atoms with Crippen molar-refractivity contribution in [3.63, 3.8) is 0 Å². The van der Waals surface area contributed by atoms with Gasteiger partial charge in [0.2, 0.25) is 0 Å². The molecule has 0 aromatic carbocycles. The van der Waals surface area contributed by atoms with Gasteiger partial charge in [-0.15, -0.1) is 0 Å². The summed E-state index contributed by atoms with van der Waals surface area (Å²) >= 11 is 5.81. The molecule has 0 saturated heterocycles. The maximum absolute atomic E-state index is 8.79. The fourth-order valence-corrected chi connectivity index (χ4v) is 1.75. The fourth-order valence-electron chi connectivity index (χ4n) is 1.55. The molecule has 0 saturated carbocycles. The molecule has 0 aliphatic heterocycles. The molecule has 0 aliphatic carbocycles. The van der Waals surface area contributed by atoms with Crippen LogP contribution in [0.1, 0.15) is 38.7 Å². The van der Waals surface area contributed by atoms with Gasteiger partial charge in [-0.3, -0.25) is 0 Å². The van der Waals surface area contributed by atoms with Gasteiger partial charge in [0.15, 0.2) is 0 Å². The Morgan fingerprint density at radius 3 is 2.82 bits per heavy atom. The second-order valence-corrected chi connectivity index (χ2v) is 4.88. The molecule has 4 heteroatoms. The van der Waals surface area contributed by atoms with Crippen LogP contribution in [0.5, 0.6) is 0 Å². The Hall–Kier alpha value is -1.27. The number of rotatable bonds is 6. The minimum absolute atomic E-state index is 0.355. The molecule has 0 unspecified atom stereocenters. The first-order valence-electron chi connectivity index (χ1n) is 5.93. The van der Waals surface area contributed by atoms with Crippen LogP contribution in [0.3, 0.4) is 0 Å². The van der Waals surface area contributed by atoms with Crippen LogP contribution >= 0.6 is 11.6 Å². The van der Waals surface area contributed by atoms with E-state index in [2.05, 4.69) is 30.2 Å². The predicted octanol–water partition coefficient (Wildman–Crippen LogP) is 3.84. The third-order valence-electron chi connectivity index (χ3n) is 2.44. The minimum Gasteiger partial charge on any atom is -0.370 e. The summed E-state index contributed by atoms with van der Waals surface area (Å²) in [4.78, 5) is 4.12. The van der Waals surface area contributed by atoms with Crippen molar-refractivity contribution in [3.8, 4) is 6.07 Å². The van der Waals surface area contributed by atoms with Crippen molar-refractivity contribution in [1.29, 1.82) is 5.26 Å². The van der Waals surface area contributed by atoms with E-state index in [9.17, 15) is 0 Å². The molecule has 1 heterocycles. The smallest absolute Gasteiger partial charge is 0.132 e. The van der Waals surface area contributed by atoms with E-state index in [0.717, 1.165) is 18.9 Å². The van der Waals surface area contributed by atoms with Crippen molar-refractivity contribution >= 4 is 17.4 Å². The van der Waals surface area contributed by atoms with E-state index in [-0.39, 0.29) is 0 Å². The summed E-state index contributed by atoms with van der Waals surface area (Å²) in [6.45, 7) is 5.32. The monoisotopic (exact) mass is 251 g/mol. The number of aromatic nitrogens is 1. The number of nitrogens with zero attached hydrogens (tertiary/aromatic N) is 2. The van der Waals surface area contributed by atoms with Gasteiger partial charge < -0.3 is 5.32 Å². The minimum atomic E-state index is 0.355. The number of unbranched alkanes of at least 4 members (excludes halogenated alkanes) is 1. The highest BCUT2D eigenvalue weighted by molar-refractivity contribution is 6.29. The van der Waals surface area contributed by atoms with Crippen LogP contribution < -0.4 is 5.32 Å². The van der Waals surface area contributed by atoms with Crippen LogP contribution in [-0.2, 0) is 0 Å². The molecule has 1 aromatic heterocycles. The van der Waals surface area contributed by atoms with Gasteiger partial charge in [0.05, 0.1) is 11.6 Å². The Labute approximate surface area is 108 Å². The largest absolute Gasteiger partial charge is 0.370 e. The van der Waals surface area contributed by atoms with Gasteiger partial charge >= 0.3 is 0 Å². The lowest BCUT2D eigenvalue weighted by Gasteiger charge is -2.07. The summed E-state index contributed by atoms with van der Waals surface area (Å²) in [5.41, 5.74) is 0.537. The van der Waals surface area contributed by atoms with Gasteiger partial charge in [0.25, 0.3) is 0 Å². The SMILES string of the molecule is CC(C)CCCCNc1cc(C#N)cc(Cl)n1. The Kier molecular flexibility index (Phi) is 5.79. The maximum atomic E-state index is 8.79. The van der Waals surface area contributed by atoms with Gasteiger partial charge in [-0.05, 0) is 24.5 Å². The number of nitriles is 1. The second-order valence-electron chi connectivity index (χ2n) is 4.49. The number of nitrogens with one attached hydrogen (secondary N) is 1. The zero-order valence-corrected chi connectivity index (χ0v) is 11.1. The molecule has 0 aliphatic rings. The van der Waals surface area contributed by atoms with Crippen LogP contribution in [-0.4, -0.2) is 11.5 Å². The molecule has 1 rings (SSSR count). The lowest BCUT2D eigenvalue weighted by molar-refractivity contribution is 0.544. The number of halogens is 1. The molecule has 92 valence electrons. The molecule has 0 bridgehead atoms. The molecule has 3 nitrogen and oxygen atoms in total. The van der Waals surface area contributed by atoms with Gasteiger partial charge in [-0.2, -0.15) is 5.26 Å².